The van der Waals surface area contributed by atoms with E-state index in [1.165, 1.54) is 19.3 Å². The number of benzene rings is 3. The van der Waals surface area contributed by atoms with Gasteiger partial charge in [0.1, 0.15) is 5.75 Å². The van der Waals surface area contributed by atoms with Gasteiger partial charge in [-0.2, -0.15) is 4.98 Å². The van der Waals surface area contributed by atoms with E-state index in [1.807, 2.05) is 42.5 Å². The number of rotatable bonds is 9. The zero-order chi connectivity index (χ0) is 21.5. The van der Waals surface area contributed by atoms with Crippen LogP contribution in [0.1, 0.15) is 32.6 Å². The molecule has 0 amide bonds. The average Bonchev–Trinajstić information content (AvgIpc) is 3.30. The van der Waals surface area contributed by atoms with Crippen LogP contribution in [0.15, 0.2) is 77.3 Å². The van der Waals surface area contributed by atoms with E-state index in [0.29, 0.717) is 16.7 Å². The molecule has 3 aromatic carbocycles. The first-order chi connectivity index (χ1) is 15.2. The molecule has 0 spiro atoms. The smallest absolute Gasteiger partial charge is 0.259 e. The zero-order valence-electron chi connectivity index (χ0n) is 17.6. The fraction of sp³-hybridized carbons (Fsp3) is 0.231. The SMILES string of the molecule is CCCCCCOc1ccc(-c2ccc(-c3noc(-c4ccccc4Cl)n3)cc2)cc1. The minimum absolute atomic E-state index is 0.412. The summed E-state index contributed by atoms with van der Waals surface area (Å²) in [5.74, 6) is 1.86. The molecule has 0 unspecified atom stereocenters. The molecule has 4 nitrogen and oxygen atoms in total. The van der Waals surface area contributed by atoms with Gasteiger partial charge in [-0.25, -0.2) is 0 Å². The lowest BCUT2D eigenvalue weighted by Crippen LogP contribution is -1.96. The van der Waals surface area contributed by atoms with Crippen molar-refractivity contribution in [2.24, 2.45) is 0 Å². The summed E-state index contributed by atoms with van der Waals surface area (Å²) in [6, 6.07) is 23.7. The maximum Gasteiger partial charge on any atom is 0.259 e. The topological polar surface area (TPSA) is 48.2 Å². The molecule has 31 heavy (non-hydrogen) atoms. The summed E-state index contributed by atoms with van der Waals surface area (Å²) in [6.07, 6.45) is 4.83. The second-order valence-corrected chi connectivity index (χ2v) is 7.82. The molecule has 0 saturated carbocycles. The molecule has 0 fully saturated rings. The Morgan fingerprint density at radius 3 is 2.19 bits per heavy atom. The zero-order valence-corrected chi connectivity index (χ0v) is 18.3. The molecule has 0 atom stereocenters. The van der Waals surface area contributed by atoms with Gasteiger partial charge in [-0.15, -0.1) is 0 Å². The van der Waals surface area contributed by atoms with E-state index in [4.69, 9.17) is 20.9 Å². The van der Waals surface area contributed by atoms with Crippen LogP contribution in [0.25, 0.3) is 34.0 Å². The number of unbranched alkanes of at least 4 members (excludes halogenated alkanes) is 3. The molecule has 158 valence electrons. The van der Waals surface area contributed by atoms with Crippen molar-refractivity contribution in [3.8, 4) is 39.7 Å². The molecule has 0 N–H and O–H groups in total. The number of nitrogens with zero attached hydrogens (tertiary/aromatic N) is 2. The van der Waals surface area contributed by atoms with Gasteiger partial charge in [-0.05, 0) is 41.8 Å². The lowest BCUT2D eigenvalue weighted by Gasteiger charge is -2.07. The van der Waals surface area contributed by atoms with E-state index < -0.39 is 0 Å². The first-order valence-corrected chi connectivity index (χ1v) is 11.0. The Morgan fingerprint density at radius 1 is 0.806 bits per heavy atom. The number of ether oxygens (including phenoxy) is 1. The van der Waals surface area contributed by atoms with Crippen molar-refractivity contribution < 1.29 is 9.26 Å². The van der Waals surface area contributed by atoms with Crippen LogP contribution >= 0.6 is 11.6 Å². The number of aromatic nitrogens is 2. The predicted molar refractivity (Wildman–Crippen MR) is 125 cm³/mol. The molecular formula is C26H25ClN2O2. The summed E-state index contributed by atoms with van der Waals surface area (Å²) < 4.78 is 11.2. The Kier molecular flexibility index (Phi) is 7.00. The molecule has 4 rings (SSSR count). The van der Waals surface area contributed by atoms with Crippen molar-refractivity contribution in [2.75, 3.05) is 6.61 Å². The summed E-state index contributed by atoms with van der Waals surface area (Å²) in [4.78, 5) is 4.49. The van der Waals surface area contributed by atoms with E-state index in [0.717, 1.165) is 41.0 Å². The summed E-state index contributed by atoms with van der Waals surface area (Å²) in [7, 11) is 0. The highest BCUT2D eigenvalue weighted by molar-refractivity contribution is 6.33. The second kappa shape index (κ2) is 10.3. The molecule has 0 bridgehead atoms. The van der Waals surface area contributed by atoms with Crippen LogP contribution in [0.4, 0.5) is 0 Å². The van der Waals surface area contributed by atoms with Crippen molar-refractivity contribution >= 4 is 11.6 Å². The molecule has 0 aliphatic carbocycles. The normalized spacial score (nSPS) is 10.9. The molecule has 0 radical (unpaired) electrons. The second-order valence-electron chi connectivity index (χ2n) is 7.41. The van der Waals surface area contributed by atoms with Crippen molar-refractivity contribution in [3.05, 3.63) is 77.8 Å². The Hall–Kier alpha value is -3.11. The highest BCUT2D eigenvalue weighted by Crippen LogP contribution is 2.29. The van der Waals surface area contributed by atoms with Gasteiger partial charge < -0.3 is 9.26 Å². The van der Waals surface area contributed by atoms with Crippen LogP contribution in [0, 0.1) is 0 Å². The molecule has 1 aromatic heterocycles. The van der Waals surface area contributed by atoms with Crippen LogP contribution < -0.4 is 4.74 Å². The van der Waals surface area contributed by atoms with E-state index in [1.54, 1.807) is 6.07 Å². The van der Waals surface area contributed by atoms with Crippen LogP contribution in [0.2, 0.25) is 5.02 Å². The highest BCUT2D eigenvalue weighted by atomic mass is 35.5. The summed E-state index contributed by atoms with van der Waals surface area (Å²) >= 11 is 6.23. The average molecular weight is 433 g/mol. The lowest BCUT2D eigenvalue weighted by molar-refractivity contribution is 0.305. The van der Waals surface area contributed by atoms with Crippen molar-refractivity contribution in [1.82, 2.24) is 10.1 Å². The summed E-state index contributed by atoms with van der Waals surface area (Å²) in [5, 5.41) is 4.69. The Labute approximate surface area is 187 Å². The van der Waals surface area contributed by atoms with Crippen molar-refractivity contribution in [2.45, 2.75) is 32.6 Å². The fourth-order valence-corrected chi connectivity index (χ4v) is 3.58. The van der Waals surface area contributed by atoms with Crippen LogP contribution in [-0.4, -0.2) is 16.7 Å². The molecule has 0 saturated heterocycles. The largest absolute Gasteiger partial charge is 0.494 e. The van der Waals surface area contributed by atoms with Crippen LogP contribution in [0.3, 0.4) is 0 Å². The number of hydrogen-bond donors (Lipinski definition) is 0. The maximum absolute atomic E-state index is 6.23. The van der Waals surface area contributed by atoms with Gasteiger partial charge in [0.25, 0.3) is 5.89 Å². The minimum Gasteiger partial charge on any atom is -0.494 e. The quantitative estimate of drug-likeness (QED) is 0.254. The molecule has 1 heterocycles. The van der Waals surface area contributed by atoms with Gasteiger partial charge in [-0.1, -0.05) is 91.5 Å². The Bertz CT molecular complexity index is 1100. The molecule has 0 aliphatic rings. The van der Waals surface area contributed by atoms with Gasteiger partial charge in [0.2, 0.25) is 5.82 Å². The van der Waals surface area contributed by atoms with E-state index in [9.17, 15) is 0 Å². The van der Waals surface area contributed by atoms with Crippen molar-refractivity contribution in [1.29, 1.82) is 0 Å². The summed E-state index contributed by atoms with van der Waals surface area (Å²) in [5.41, 5.74) is 3.87. The first kappa shape index (κ1) is 21.1. The molecule has 5 heteroatoms. The maximum atomic E-state index is 6.23. The van der Waals surface area contributed by atoms with Crippen LogP contribution in [0.5, 0.6) is 5.75 Å². The highest BCUT2D eigenvalue weighted by Gasteiger charge is 2.13. The monoisotopic (exact) mass is 432 g/mol. The third-order valence-electron chi connectivity index (χ3n) is 5.13. The standard InChI is InChI=1S/C26H25ClN2O2/c1-2-3-4-7-18-30-22-16-14-20(15-17-22)19-10-12-21(13-11-19)25-28-26(31-29-25)23-8-5-6-9-24(23)27/h5-6,8-17H,2-4,7,18H2,1H3. The van der Waals surface area contributed by atoms with E-state index in [-0.39, 0.29) is 0 Å². The van der Waals surface area contributed by atoms with Gasteiger partial charge in [-0.3, -0.25) is 0 Å². The van der Waals surface area contributed by atoms with Gasteiger partial charge in [0.05, 0.1) is 17.2 Å². The Morgan fingerprint density at radius 2 is 1.48 bits per heavy atom. The van der Waals surface area contributed by atoms with Gasteiger partial charge in [0, 0.05) is 5.56 Å². The number of halogens is 1. The van der Waals surface area contributed by atoms with E-state index >= 15 is 0 Å². The third-order valence-corrected chi connectivity index (χ3v) is 5.46. The fourth-order valence-electron chi connectivity index (χ4n) is 3.36. The first-order valence-electron chi connectivity index (χ1n) is 10.7. The third kappa shape index (κ3) is 5.33. The molecule has 4 aromatic rings. The molecular weight excluding hydrogens is 408 g/mol. The van der Waals surface area contributed by atoms with E-state index in [2.05, 4.69) is 41.3 Å². The molecule has 0 aliphatic heterocycles. The van der Waals surface area contributed by atoms with Crippen molar-refractivity contribution in [3.63, 3.8) is 0 Å². The van der Waals surface area contributed by atoms with Crippen LogP contribution in [-0.2, 0) is 0 Å². The minimum atomic E-state index is 0.412. The lowest BCUT2D eigenvalue weighted by atomic mass is 10.0. The number of hydrogen-bond acceptors (Lipinski definition) is 4. The van der Waals surface area contributed by atoms with Gasteiger partial charge >= 0.3 is 0 Å². The van der Waals surface area contributed by atoms with Gasteiger partial charge in [0.15, 0.2) is 0 Å². The summed E-state index contributed by atoms with van der Waals surface area (Å²) in [6.45, 7) is 2.99. The Balaban J connectivity index is 1.41. The predicted octanol–water partition coefficient (Wildman–Crippen LogP) is 7.68.